The molecule has 0 aromatic carbocycles. The average molecular weight is 283 g/mol. The fourth-order valence-electron chi connectivity index (χ4n) is 2.17. The second-order valence-corrected chi connectivity index (χ2v) is 5.94. The second kappa shape index (κ2) is 6.98. The molecule has 1 saturated heterocycles. The normalized spacial score (nSPS) is 17.6. The number of likely N-dealkylation sites (tertiary alicyclic amines) is 1. The number of piperidine rings is 1. The summed E-state index contributed by atoms with van der Waals surface area (Å²) < 4.78 is 4.77. The summed E-state index contributed by atoms with van der Waals surface area (Å²) in [4.78, 5) is 18.2. The number of amides is 1. The monoisotopic (exact) mass is 283 g/mol. The van der Waals surface area contributed by atoms with Crippen molar-refractivity contribution in [3.8, 4) is 0 Å². The molecule has 6 heteroatoms. The summed E-state index contributed by atoms with van der Waals surface area (Å²) in [5, 5.41) is 5.40. The van der Waals surface area contributed by atoms with Crippen molar-refractivity contribution in [2.45, 2.75) is 26.3 Å². The second-order valence-electron chi connectivity index (χ2n) is 5.08. The van der Waals surface area contributed by atoms with Gasteiger partial charge in [0.2, 0.25) is 0 Å². The molecule has 5 nitrogen and oxygen atoms in total. The number of thiazole rings is 1. The smallest absolute Gasteiger partial charge is 0.252 e. The molecule has 0 atom stereocenters. The number of methoxy groups -OCH3 is 1. The van der Waals surface area contributed by atoms with Crippen LogP contribution in [0.1, 0.15) is 25.5 Å². The van der Waals surface area contributed by atoms with Crippen LogP contribution in [0.15, 0.2) is 5.38 Å². The quantitative estimate of drug-likeness (QED) is 0.897. The van der Waals surface area contributed by atoms with Crippen molar-refractivity contribution in [1.82, 2.24) is 9.88 Å². The van der Waals surface area contributed by atoms with Crippen molar-refractivity contribution in [2.75, 3.05) is 32.1 Å². The van der Waals surface area contributed by atoms with Crippen LogP contribution in [-0.4, -0.2) is 42.6 Å². The van der Waals surface area contributed by atoms with Crippen LogP contribution in [0.2, 0.25) is 0 Å². The van der Waals surface area contributed by atoms with Crippen molar-refractivity contribution in [2.24, 2.45) is 5.92 Å². The summed E-state index contributed by atoms with van der Waals surface area (Å²) in [6.45, 7) is 5.54. The van der Waals surface area contributed by atoms with E-state index in [-0.39, 0.29) is 12.5 Å². The Balaban J connectivity index is 1.82. The number of nitrogens with one attached hydrogen (secondary N) is 1. The highest BCUT2D eigenvalue weighted by Crippen LogP contribution is 2.20. The van der Waals surface area contributed by atoms with Crippen LogP contribution < -0.4 is 5.32 Å². The highest BCUT2D eigenvalue weighted by atomic mass is 32.1. The Morgan fingerprint density at radius 1 is 1.58 bits per heavy atom. The third-order valence-electron chi connectivity index (χ3n) is 3.34. The highest BCUT2D eigenvalue weighted by Gasteiger charge is 2.16. The van der Waals surface area contributed by atoms with Gasteiger partial charge in [0.05, 0.1) is 5.69 Å². The van der Waals surface area contributed by atoms with E-state index in [0.29, 0.717) is 5.13 Å². The molecule has 0 spiro atoms. The molecule has 1 amide bonds. The molecule has 1 aromatic heterocycles. The number of nitrogens with zero attached hydrogens (tertiary/aromatic N) is 2. The SMILES string of the molecule is COCC(=O)Nc1nc(CN2CCC(C)CC2)cs1. The van der Waals surface area contributed by atoms with Crippen LogP contribution in [0.3, 0.4) is 0 Å². The predicted molar refractivity (Wildman–Crippen MR) is 76.3 cm³/mol. The number of rotatable bonds is 5. The van der Waals surface area contributed by atoms with Crippen LogP contribution in [0.4, 0.5) is 5.13 Å². The van der Waals surface area contributed by atoms with E-state index in [1.54, 1.807) is 0 Å². The van der Waals surface area contributed by atoms with Crippen molar-refractivity contribution in [3.63, 3.8) is 0 Å². The molecule has 106 valence electrons. The molecule has 0 saturated carbocycles. The number of aromatic nitrogens is 1. The number of ether oxygens (including phenoxy) is 1. The van der Waals surface area contributed by atoms with Crippen molar-refractivity contribution < 1.29 is 9.53 Å². The number of hydrogen-bond donors (Lipinski definition) is 1. The Morgan fingerprint density at radius 2 is 2.32 bits per heavy atom. The third kappa shape index (κ3) is 4.56. The molecule has 0 bridgehead atoms. The molecule has 1 aromatic rings. The fourth-order valence-corrected chi connectivity index (χ4v) is 2.89. The molecule has 2 heterocycles. The standard InChI is InChI=1S/C13H21N3O2S/c1-10-3-5-16(6-4-10)7-11-9-19-13(14-11)15-12(17)8-18-2/h9-10H,3-8H2,1-2H3,(H,14,15,17). The van der Waals surface area contributed by atoms with Crippen molar-refractivity contribution >= 4 is 22.4 Å². The molecule has 0 unspecified atom stereocenters. The molecule has 1 fully saturated rings. The minimum Gasteiger partial charge on any atom is -0.375 e. The van der Waals surface area contributed by atoms with Crippen LogP contribution in [0, 0.1) is 5.92 Å². The summed E-state index contributed by atoms with van der Waals surface area (Å²) >= 11 is 1.47. The first-order valence-electron chi connectivity index (χ1n) is 6.63. The minimum atomic E-state index is -0.157. The maximum absolute atomic E-state index is 11.4. The van der Waals surface area contributed by atoms with Gasteiger partial charge in [-0.15, -0.1) is 11.3 Å². The van der Waals surface area contributed by atoms with Crippen LogP contribution in [0.5, 0.6) is 0 Å². The number of anilines is 1. The zero-order valence-corrected chi connectivity index (χ0v) is 12.3. The number of hydrogen-bond acceptors (Lipinski definition) is 5. The van der Waals surface area contributed by atoms with E-state index < -0.39 is 0 Å². The Bertz CT molecular complexity index is 414. The number of carbonyl (C=O) groups excluding carboxylic acids is 1. The zero-order chi connectivity index (χ0) is 13.7. The maximum atomic E-state index is 11.4. The van der Waals surface area contributed by atoms with Gasteiger partial charge in [-0.1, -0.05) is 6.92 Å². The molecule has 1 aliphatic rings. The van der Waals surface area contributed by atoms with Gasteiger partial charge in [0, 0.05) is 19.0 Å². The summed E-state index contributed by atoms with van der Waals surface area (Å²) in [7, 11) is 1.50. The molecule has 1 N–H and O–H groups in total. The summed E-state index contributed by atoms with van der Waals surface area (Å²) in [6, 6.07) is 0. The molecule has 1 aliphatic heterocycles. The van der Waals surface area contributed by atoms with Gasteiger partial charge in [0.25, 0.3) is 5.91 Å². The van der Waals surface area contributed by atoms with E-state index >= 15 is 0 Å². The van der Waals surface area contributed by atoms with Crippen LogP contribution in [-0.2, 0) is 16.1 Å². The summed E-state index contributed by atoms with van der Waals surface area (Å²) in [5.74, 6) is 0.686. The Hall–Kier alpha value is -0.980. The zero-order valence-electron chi connectivity index (χ0n) is 11.5. The van der Waals surface area contributed by atoms with E-state index in [9.17, 15) is 4.79 Å². The lowest BCUT2D eigenvalue weighted by molar-refractivity contribution is -0.119. The Morgan fingerprint density at radius 3 is 3.00 bits per heavy atom. The van der Waals surface area contributed by atoms with Gasteiger partial charge in [-0.25, -0.2) is 4.98 Å². The summed E-state index contributed by atoms with van der Waals surface area (Å²) in [5.41, 5.74) is 1.03. The molecule has 0 radical (unpaired) electrons. The van der Waals surface area contributed by atoms with E-state index in [1.807, 2.05) is 5.38 Å². The lowest BCUT2D eigenvalue weighted by atomic mass is 9.99. The Labute approximate surface area is 118 Å². The van der Waals surface area contributed by atoms with E-state index in [1.165, 1.54) is 31.3 Å². The molecular formula is C13H21N3O2S. The van der Waals surface area contributed by atoms with Gasteiger partial charge in [0.15, 0.2) is 5.13 Å². The Kier molecular flexibility index (Phi) is 5.30. The molecule has 2 rings (SSSR count). The largest absolute Gasteiger partial charge is 0.375 e. The van der Waals surface area contributed by atoms with Gasteiger partial charge >= 0.3 is 0 Å². The third-order valence-corrected chi connectivity index (χ3v) is 4.14. The van der Waals surface area contributed by atoms with Crippen molar-refractivity contribution in [3.05, 3.63) is 11.1 Å². The highest BCUT2D eigenvalue weighted by molar-refractivity contribution is 7.13. The first-order valence-corrected chi connectivity index (χ1v) is 7.51. The minimum absolute atomic E-state index is 0.0684. The van der Waals surface area contributed by atoms with Crippen LogP contribution in [0.25, 0.3) is 0 Å². The van der Waals surface area contributed by atoms with E-state index in [2.05, 4.69) is 22.1 Å². The molecular weight excluding hydrogens is 262 g/mol. The predicted octanol–water partition coefficient (Wildman–Crippen LogP) is 1.96. The molecule has 0 aliphatic carbocycles. The van der Waals surface area contributed by atoms with Gasteiger partial charge in [-0.3, -0.25) is 15.0 Å². The first-order chi connectivity index (χ1) is 9.17. The number of carbonyl (C=O) groups is 1. The topological polar surface area (TPSA) is 54.5 Å². The lowest BCUT2D eigenvalue weighted by Gasteiger charge is -2.29. The van der Waals surface area contributed by atoms with Gasteiger partial charge in [-0.2, -0.15) is 0 Å². The summed E-state index contributed by atoms with van der Waals surface area (Å²) in [6.07, 6.45) is 2.53. The van der Waals surface area contributed by atoms with Gasteiger partial charge in [-0.05, 0) is 31.8 Å². The van der Waals surface area contributed by atoms with E-state index in [4.69, 9.17) is 4.74 Å². The van der Waals surface area contributed by atoms with Crippen molar-refractivity contribution in [1.29, 1.82) is 0 Å². The molecule has 19 heavy (non-hydrogen) atoms. The van der Waals surface area contributed by atoms with Crippen LogP contribution >= 0.6 is 11.3 Å². The first kappa shape index (κ1) is 14.4. The van der Waals surface area contributed by atoms with Gasteiger partial charge in [0.1, 0.15) is 6.61 Å². The van der Waals surface area contributed by atoms with Gasteiger partial charge < -0.3 is 4.74 Å². The average Bonchev–Trinajstić information content (AvgIpc) is 2.80. The maximum Gasteiger partial charge on any atom is 0.252 e. The van der Waals surface area contributed by atoms with E-state index in [0.717, 1.165) is 31.2 Å². The lowest BCUT2D eigenvalue weighted by Crippen LogP contribution is -2.32. The fraction of sp³-hybridized carbons (Fsp3) is 0.692.